The number of carbonyl (C=O) groups is 1. The lowest BCUT2D eigenvalue weighted by Crippen LogP contribution is -2.16. The van der Waals surface area contributed by atoms with Gasteiger partial charge in [-0.1, -0.05) is 36.7 Å². The second-order valence-electron chi connectivity index (χ2n) is 5.20. The second-order valence-corrected chi connectivity index (χ2v) is 7.26. The maximum Gasteiger partial charge on any atom is 0.337 e. The fourth-order valence-corrected chi connectivity index (χ4v) is 4.01. The Hall–Kier alpha value is -2.05. The maximum atomic E-state index is 12.8. The van der Waals surface area contributed by atoms with E-state index in [9.17, 15) is 13.2 Å². The van der Waals surface area contributed by atoms with E-state index in [2.05, 4.69) is 9.46 Å². The number of methoxy groups -OCH3 is 1. The predicted molar refractivity (Wildman–Crippen MR) is 94.2 cm³/mol. The van der Waals surface area contributed by atoms with Crippen molar-refractivity contribution in [2.45, 2.75) is 25.2 Å². The molecule has 5 nitrogen and oxygen atoms in total. The number of aryl methyl sites for hydroxylation is 2. The smallest absolute Gasteiger partial charge is 0.337 e. The van der Waals surface area contributed by atoms with E-state index < -0.39 is 16.0 Å². The summed E-state index contributed by atoms with van der Waals surface area (Å²) in [5.41, 5.74) is 2.32. The first-order valence-electron chi connectivity index (χ1n) is 7.29. The summed E-state index contributed by atoms with van der Waals surface area (Å²) in [6.07, 6.45) is 0.676. The minimum Gasteiger partial charge on any atom is -0.465 e. The Balaban J connectivity index is 2.51. The Bertz CT molecular complexity index is 878. The zero-order valence-corrected chi connectivity index (χ0v) is 15.2. The number of ether oxygens (including phenoxy) is 1. The van der Waals surface area contributed by atoms with E-state index in [-0.39, 0.29) is 15.5 Å². The van der Waals surface area contributed by atoms with Gasteiger partial charge in [-0.05, 0) is 42.7 Å². The standard InChI is InChI=1S/C17H18ClNO4S/c1-4-12-7-5-6-11(2)16(12)19-24(21,22)15-10-13(17(20)23-3)8-9-14(15)18/h5-10,19H,4H2,1-3H3. The molecule has 0 fully saturated rings. The Morgan fingerprint density at radius 3 is 2.58 bits per heavy atom. The number of hydrogen-bond donors (Lipinski definition) is 1. The van der Waals surface area contributed by atoms with Crippen molar-refractivity contribution >= 4 is 33.3 Å². The van der Waals surface area contributed by atoms with Crippen LogP contribution < -0.4 is 4.72 Å². The molecule has 0 saturated carbocycles. The summed E-state index contributed by atoms with van der Waals surface area (Å²) in [7, 11) is -2.73. The third-order valence-corrected chi connectivity index (χ3v) is 5.45. The van der Waals surface area contributed by atoms with E-state index in [0.717, 1.165) is 11.1 Å². The highest BCUT2D eigenvalue weighted by atomic mass is 35.5. The van der Waals surface area contributed by atoms with E-state index in [1.807, 2.05) is 32.0 Å². The van der Waals surface area contributed by atoms with E-state index in [0.29, 0.717) is 12.1 Å². The molecule has 2 rings (SSSR count). The molecule has 0 heterocycles. The van der Waals surface area contributed by atoms with Crippen LogP contribution >= 0.6 is 11.6 Å². The molecule has 0 aliphatic rings. The van der Waals surface area contributed by atoms with Crippen LogP contribution in [0.3, 0.4) is 0 Å². The zero-order chi connectivity index (χ0) is 17.9. The van der Waals surface area contributed by atoms with Gasteiger partial charge >= 0.3 is 5.97 Å². The van der Waals surface area contributed by atoms with Crippen molar-refractivity contribution in [3.05, 3.63) is 58.1 Å². The molecule has 0 radical (unpaired) electrons. The van der Waals surface area contributed by atoms with Gasteiger partial charge in [0, 0.05) is 0 Å². The zero-order valence-electron chi connectivity index (χ0n) is 13.6. The topological polar surface area (TPSA) is 72.5 Å². The summed E-state index contributed by atoms with van der Waals surface area (Å²) in [5.74, 6) is -0.631. The molecule has 0 aliphatic heterocycles. The van der Waals surface area contributed by atoms with Crippen LogP contribution in [0.25, 0.3) is 0 Å². The number of rotatable bonds is 5. The third-order valence-electron chi connectivity index (χ3n) is 3.62. The molecule has 0 bridgehead atoms. The molecule has 0 atom stereocenters. The lowest BCUT2D eigenvalue weighted by Gasteiger charge is -2.15. The van der Waals surface area contributed by atoms with Gasteiger partial charge in [-0.2, -0.15) is 0 Å². The number of anilines is 1. The van der Waals surface area contributed by atoms with Crippen molar-refractivity contribution in [1.29, 1.82) is 0 Å². The van der Waals surface area contributed by atoms with Gasteiger partial charge in [-0.25, -0.2) is 13.2 Å². The van der Waals surface area contributed by atoms with E-state index in [1.165, 1.54) is 25.3 Å². The number of para-hydroxylation sites is 1. The average Bonchev–Trinajstić information content (AvgIpc) is 2.56. The van der Waals surface area contributed by atoms with Crippen molar-refractivity contribution in [2.75, 3.05) is 11.8 Å². The lowest BCUT2D eigenvalue weighted by atomic mass is 10.1. The monoisotopic (exact) mass is 367 g/mol. The number of nitrogens with one attached hydrogen (secondary N) is 1. The molecule has 0 aromatic heterocycles. The number of esters is 1. The first kappa shape index (κ1) is 18.3. The van der Waals surface area contributed by atoms with Gasteiger partial charge in [0.25, 0.3) is 10.0 Å². The summed E-state index contributed by atoms with van der Waals surface area (Å²) >= 11 is 6.04. The number of sulfonamides is 1. The van der Waals surface area contributed by atoms with Crippen LogP contribution in [0.15, 0.2) is 41.3 Å². The molecule has 0 spiro atoms. The SMILES string of the molecule is CCc1cccc(C)c1NS(=O)(=O)c1cc(C(=O)OC)ccc1Cl. The van der Waals surface area contributed by atoms with Gasteiger partial charge in [-0.15, -0.1) is 0 Å². The first-order chi connectivity index (χ1) is 11.3. The Morgan fingerprint density at radius 1 is 1.25 bits per heavy atom. The van der Waals surface area contributed by atoms with Crippen molar-refractivity contribution < 1.29 is 17.9 Å². The van der Waals surface area contributed by atoms with E-state index in [4.69, 9.17) is 11.6 Å². The average molecular weight is 368 g/mol. The van der Waals surface area contributed by atoms with Crippen molar-refractivity contribution in [3.8, 4) is 0 Å². The lowest BCUT2D eigenvalue weighted by molar-refractivity contribution is 0.0600. The molecule has 2 aromatic rings. The van der Waals surface area contributed by atoms with Gasteiger partial charge in [0.2, 0.25) is 0 Å². The molecule has 1 N–H and O–H groups in total. The molecular formula is C17H18ClNO4S. The summed E-state index contributed by atoms with van der Waals surface area (Å²) in [4.78, 5) is 11.5. The van der Waals surface area contributed by atoms with E-state index in [1.54, 1.807) is 0 Å². The maximum absolute atomic E-state index is 12.8. The number of carbonyl (C=O) groups excluding carboxylic acids is 1. The fraction of sp³-hybridized carbons (Fsp3) is 0.235. The second kappa shape index (κ2) is 7.23. The number of hydrogen-bond acceptors (Lipinski definition) is 4. The van der Waals surface area contributed by atoms with Crippen LogP contribution in [0.4, 0.5) is 5.69 Å². The van der Waals surface area contributed by atoms with Gasteiger partial charge in [-0.3, -0.25) is 4.72 Å². The molecule has 0 saturated heterocycles. The van der Waals surface area contributed by atoms with Crippen molar-refractivity contribution in [3.63, 3.8) is 0 Å². The van der Waals surface area contributed by atoms with Gasteiger partial charge in [0.15, 0.2) is 0 Å². The minimum absolute atomic E-state index is 0.0294. The Kier molecular flexibility index (Phi) is 5.51. The highest BCUT2D eigenvalue weighted by Gasteiger charge is 2.22. The first-order valence-corrected chi connectivity index (χ1v) is 9.15. The van der Waals surface area contributed by atoms with Crippen LogP contribution in [0.1, 0.15) is 28.4 Å². The number of halogens is 1. The quantitative estimate of drug-likeness (QED) is 0.816. The van der Waals surface area contributed by atoms with Gasteiger partial charge in [0.05, 0.1) is 23.4 Å². The largest absolute Gasteiger partial charge is 0.465 e. The summed E-state index contributed by atoms with van der Waals surface area (Å²) in [6, 6.07) is 9.54. The fourth-order valence-electron chi connectivity index (χ4n) is 2.31. The summed E-state index contributed by atoms with van der Waals surface area (Å²) in [5, 5.41) is 0.0294. The van der Waals surface area contributed by atoms with E-state index >= 15 is 0 Å². The molecule has 24 heavy (non-hydrogen) atoms. The molecule has 0 unspecified atom stereocenters. The summed E-state index contributed by atoms with van der Waals surface area (Å²) in [6.45, 7) is 3.76. The van der Waals surface area contributed by atoms with Crippen molar-refractivity contribution in [1.82, 2.24) is 0 Å². The van der Waals surface area contributed by atoms with Crippen LogP contribution in [0.5, 0.6) is 0 Å². The van der Waals surface area contributed by atoms with Crippen molar-refractivity contribution in [2.24, 2.45) is 0 Å². The van der Waals surface area contributed by atoms with Crippen LogP contribution in [-0.4, -0.2) is 21.5 Å². The predicted octanol–water partition coefficient (Wildman–Crippen LogP) is 3.80. The number of benzene rings is 2. The van der Waals surface area contributed by atoms with Crippen LogP contribution in [0, 0.1) is 6.92 Å². The summed E-state index contributed by atoms with van der Waals surface area (Å²) < 4.78 is 32.7. The molecule has 0 aliphatic carbocycles. The Labute approximate surface area is 146 Å². The molecular weight excluding hydrogens is 350 g/mol. The third kappa shape index (κ3) is 3.71. The Morgan fingerprint density at radius 2 is 1.96 bits per heavy atom. The minimum atomic E-state index is -3.95. The molecule has 7 heteroatoms. The van der Waals surface area contributed by atoms with Gasteiger partial charge in [0.1, 0.15) is 4.90 Å². The highest BCUT2D eigenvalue weighted by molar-refractivity contribution is 7.92. The normalized spacial score (nSPS) is 11.2. The molecule has 0 amide bonds. The van der Waals surface area contributed by atoms with Crippen LogP contribution in [-0.2, 0) is 21.2 Å². The highest BCUT2D eigenvalue weighted by Crippen LogP contribution is 2.28. The molecule has 128 valence electrons. The van der Waals surface area contributed by atoms with Crippen LogP contribution in [0.2, 0.25) is 5.02 Å². The molecule has 2 aromatic carbocycles. The van der Waals surface area contributed by atoms with Gasteiger partial charge < -0.3 is 4.74 Å².